The summed E-state index contributed by atoms with van der Waals surface area (Å²) in [5.41, 5.74) is 0.227. The number of aromatic hydroxyl groups is 1. The van der Waals surface area contributed by atoms with E-state index in [2.05, 4.69) is 11.9 Å². The second-order valence-corrected chi connectivity index (χ2v) is 5.79. The van der Waals surface area contributed by atoms with Crippen molar-refractivity contribution >= 4 is 0 Å². The Morgan fingerprint density at radius 3 is 2.71 bits per heavy atom. The fraction of sp³-hybridized carbons (Fsp3) is 0.692. The smallest absolute Gasteiger partial charge is 0.295 e. The van der Waals surface area contributed by atoms with Gasteiger partial charge in [0.15, 0.2) is 0 Å². The number of aryl methyl sites for hydroxylation is 1. The molecule has 0 atom stereocenters. The van der Waals surface area contributed by atoms with E-state index >= 15 is 0 Å². The predicted octanol–water partition coefficient (Wildman–Crippen LogP) is 1.72. The van der Waals surface area contributed by atoms with Gasteiger partial charge in [-0.25, -0.2) is 4.98 Å². The lowest BCUT2D eigenvalue weighted by atomic mass is 9.73. The highest BCUT2D eigenvalue weighted by Gasteiger charge is 2.40. The average molecular weight is 234 g/mol. The molecule has 1 N–H and O–H groups in total. The van der Waals surface area contributed by atoms with Gasteiger partial charge in [0.2, 0.25) is 5.75 Å². The number of hydrogen-bond acceptors (Lipinski definition) is 3. The number of aromatic nitrogens is 2. The van der Waals surface area contributed by atoms with Gasteiger partial charge in [-0.3, -0.25) is 9.36 Å². The van der Waals surface area contributed by atoms with E-state index in [0.29, 0.717) is 11.6 Å². The van der Waals surface area contributed by atoms with Crippen molar-refractivity contribution in [2.75, 3.05) is 0 Å². The summed E-state index contributed by atoms with van der Waals surface area (Å²) in [7, 11) is 0. The summed E-state index contributed by atoms with van der Waals surface area (Å²) in [6, 6.07) is 0. The highest BCUT2D eigenvalue weighted by atomic mass is 16.3. The van der Waals surface area contributed by atoms with Crippen LogP contribution < -0.4 is 5.56 Å². The molecule has 4 rings (SSSR count). The molecule has 1 aliphatic carbocycles. The first-order chi connectivity index (χ1) is 8.01. The van der Waals surface area contributed by atoms with Crippen molar-refractivity contribution in [1.29, 1.82) is 0 Å². The lowest BCUT2D eigenvalue weighted by molar-refractivity contribution is 0.260. The van der Waals surface area contributed by atoms with Gasteiger partial charge in [0.1, 0.15) is 5.82 Å². The Kier molecular flexibility index (Phi) is 2.12. The standard InChI is InChI=1S/C13H18N2O2/c1-8-10(16)11(17)15-7-9-3-5-13(2,6-4-9)12(15)14-8/h9,16H,3-7H2,1-2H3. The van der Waals surface area contributed by atoms with Gasteiger partial charge in [-0.05, 0) is 38.5 Å². The van der Waals surface area contributed by atoms with Crippen LogP contribution in [0.4, 0.5) is 0 Å². The summed E-state index contributed by atoms with van der Waals surface area (Å²) in [5.74, 6) is 1.28. The highest BCUT2D eigenvalue weighted by Crippen LogP contribution is 2.43. The van der Waals surface area contributed by atoms with Gasteiger partial charge >= 0.3 is 0 Å². The molecule has 1 fully saturated rings. The van der Waals surface area contributed by atoms with Crippen molar-refractivity contribution in [1.82, 2.24) is 9.55 Å². The normalized spacial score (nSPS) is 31.1. The molecule has 92 valence electrons. The molecule has 4 heteroatoms. The number of nitrogens with zero attached hydrogens (tertiary/aromatic N) is 2. The molecule has 1 saturated carbocycles. The first kappa shape index (κ1) is 10.8. The van der Waals surface area contributed by atoms with Crippen LogP contribution >= 0.6 is 0 Å². The maximum Gasteiger partial charge on any atom is 0.295 e. The van der Waals surface area contributed by atoms with Gasteiger partial charge in [0.25, 0.3) is 5.56 Å². The quantitative estimate of drug-likeness (QED) is 0.743. The molecule has 3 heterocycles. The second-order valence-electron chi connectivity index (χ2n) is 5.79. The molecule has 0 spiro atoms. The number of hydrogen-bond donors (Lipinski definition) is 1. The third-order valence-corrected chi connectivity index (χ3v) is 4.51. The van der Waals surface area contributed by atoms with Crippen molar-refractivity contribution in [2.24, 2.45) is 5.92 Å². The minimum atomic E-state index is -0.257. The van der Waals surface area contributed by atoms with Crippen molar-refractivity contribution in [2.45, 2.75) is 51.5 Å². The molecule has 0 saturated heterocycles. The molecule has 1 aromatic heterocycles. The summed E-state index contributed by atoms with van der Waals surface area (Å²) in [5, 5.41) is 9.74. The lowest BCUT2D eigenvalue weighted by Gasteiger charge is -2.32. The molecule has 1 aromatic rings. The molecule has 0 radical (unpaired) electrons. The predicted molar refractivity (Wildman–Crippen MR) is 64.2 cm³/mol. The zero-order chi connectivity index (χ0) is 12.2. The van der Waals surface area contributed by atoms with Gasteiger partial charge in [0.05, 0.1) is 5.69 Å². The van der Waals surface area contributed by atoms with Crippen molar-refractivity contribution in [3.8, 4) is 5.75 Å². The summed E-state index contributed by atoms with van der Waals surface area (Å²) < 4.78 is 1.72. The highest BCUT2D eigenvalue weighted by molar-refractivity contribution is 5.26. The molecule has 2 bridgehead atoms. The van der Waals surface area contributed by atoms with Gasteiger partial charge in [-0.15, -0.1) is 0 Å². The van der Waals surface area contributed by atoms with Gasteiger partial charge in [-0.1, -0.05) is 6.92 Å². The van der Waals surface area contributed by atoms with Crippen LogP contribution in [0, 0.1) is 12.8 Å². The van der Waals surface area contributed by atoms with E-state index in [4.69, 9.17) is 0 Å². The molecule has 2 aliphatic heterocycles. The Morgan fingerprint density at radius 1 is 1.41 bits per heavy atom. The molecular weight excluding hydrogens is 216 g/mol. The minimum Gasteiger partial charge on any atom is -0.502 e. The maximum atomic E-state index is 12.1. The molecule has 17 heavy (non-hydrogen) atoms. The Morgan fingerprint density at radius 2 is 2.06 bits per heavy atom. The van der Waals surface area contributed by atoms with Crippen LogP contribution in [0.3, 0.4) is 0 Å². The largest absolute Gasteiger partial charge is 0.502 e. The van der Waals surface area contributed by atoms with Crippen LogP contribution in [0.5, 0.6) is 5.75 Å². The monoisotopic (exact) mass is 234 g/mol. The lowest BCUT2D eigenvalue weighted by Crippen LogP contribution is -2.32. The third kappa shape index (κ3) is 1.43. The summed E-state index contributed by atoms with van der Waals surface area (Å²) in [6.07, 6.45) is 4.54. The Bertz CT molecular complexity index is 525. The molecule has 0 aromatic carbocycles. The maximum absolute atomic E-state index is 12.1. The van der Waals surface area contributed by atoms with E-state index in [0.717, 1.165) is 25.2 Å². The first-order valence-electron chi connectivity index (χ1n) is 6.32. The van der Waals surface area contributed by atoms with Crippen molar-refractivity contribution < 1.29 is 5.11 Å². The fourth-order valence-corrected chi connectivity index (χ4v) is 3.26. The van der Waals surface area contributed by atoms with Crippen LogP contribution in [0.25, 0.3) is 0 Å². The van der Waals surface area contributed by atoms with Crippen LogP contribution in [0.1, 0.15) is 44.1 Å². The van der Waals surface area contributed by atoms with Crippen molar-refractivity contribution in [3.05, 3.63) is 21.9 Å². The zero-order valence-electron chi connectivity index (χ0n) is 10.4. The Labute approximate surface area is 100 Å². The summed E-state index contributed by atoms with van der Waals surface area (Å²) >= 11 is 0. The number of rotatable bonds is 0. The fourth-order valence-electron chi connectivity index (χ4n) is 3.26. The van der Waals surface area contributed by atoms with Crippen molar-refractivity contribution in [3.63, 3.8) is 0 Å². The van der Waals surface area contributed by atoms with E-state index in [1.807, 2.05) is 0 Å². The topological polar surface area (TPSA) is 55.1 Å². The summed E-state index contributed by atoms with van der Waals surface area (Å²) in [6.45, 7) is 4.63. The molecular formula is C13H18N2O2. The minimum absolute atomic E-state index is 0.0185. The van der Waals surface area contributed by atoms with Crippen LogP contribution in [-0.4, -0.2) is 14.7 Å². The van der Waals surface area contributed by atoms with E-state index in [9.17, 15) is 9.90 Å². The Balaban J connectivity index is 2.31. The first-order valence-corrected chi connectivity index (χ1v) is 6.32. The average Bonchev–Trinajstić information content (AvgIpc) is 2.53. The molecule has 0 unspecified atom stereocenters. The molecule has 0 amide bonds. The Hall–Kier alpha value is -1.32. The van der Waals surface area contributed by atoms with Gasteiger partial charge < -0.3 is 5.11 Å². The molecule has 4 nitrogen and oxygen atoms in total. The SMILES string of the molecule is Cc1nc2n(c(=O)c1O)CC1CCC2(C)CC1. The van der Waals surface area contributed by atoms with Crippen LogP contribution in [0.15, 0.2) is 4.79 Å². The summed E-state index contributed by atoms with van der Waals surface area (Å²) in [4.78, 5) is 16.6. The number of fused-ring (bicyclic) bond motifs is 2. The van der Waals surface area contributed by atoms with E-state index in [1.165, 1.54) is 12.8 Å². The van der Waals surface area contributed by atoms with Crippen LogP contribution in [0.2, 0.25) is 0 Å². The van der Waals surface area contributed by atoms with E-state index in [1.54, 1.807) is 11.5 Å². The van der Waals surface area contributed by atoms with E-state index in [-0.39, 0.29) is 16.7 Å². The third-order valence-electron chi connectivity index (χ3n) is 4.51. The second kappa shape index (κ2) is 3.34. The zero-order valence-corrected chi connectivity index (χ0v) is 10.4. The van der Waals surface area contributed by atoms with Gasteiger partial charge in [0, 0.05) is 12.0 Å². The van der Waals surface area contributed by atoms with E-state index < -0.39 is 0 Å². The van der Waals surface area contributed by atoms with Gasteiger partial charge in [-0.2, -0.15) is 0 Å². The molecule has 3 aliphatic rings. The van der Waals surface area contributed by atoms with Crippen LogP contribution in [-0.2, 0) is 12.0 Å².